The van der Waals surface area contributed by atoms with Crippen LogP contribution in [0.5, 0.6) is 0 Å². The minimum absolute atomic E-state index is 0.109. The molecule has 3 rings (SSSR count). The zero-order valence-corrected chi connectivity index (χ0v) is 12.8. The van der Waals surface area contributed by atoms with Gasteiger partial charge in [-0.2, -0.15) is 0 Å². The number of pyridine rings is 2. The first-order chi connectivity index (χ1) is 10.4. The second-order valence-electron chi connectivity index (χ2n) is 4.54. The van der Waals surface area contributed by atoms with Crippen molar-refractivity contribution < 1.29 is 8.42 Å². The zero-order valence-electron chi connectivity index (χ0n) is 11.2. The van der Waals surface area contributed by atoms with Gasteiger partial charge in [0.2, 0.25) is 0 Å². The Hall–Kier alpha value is -2.38. The normalized spacial score (nSPS) is 11.5. The Kier molecular flexibility index (Phi) is 3.59. The molecule has 0 unspecified atom stereocenters. The fourth-order valence-electron chi connectivity index (χ4n) is 1.89. The fourth-order valence-corrected chi connectivity index (χ4v) is 3.04. The van der Waals surface area contributed by atoms with E-state index in [4.69, 9.17) is 17.3 Å². The molecule has 22 heavy (non-hydrogen) atoms. The van der Waals surface area contributed by atoms with E-state index in [0.29, 0.717) is 21.9 Å². The standard InChI is InChI=1S/C14H11ClN4O2S/c15-13-7-5-12-11(17-13)6-8-14(18-12)19-22(20,21)10-3-1-9(16)2-4-10/h1-8H,16H2,(H,18,19). The average molecular weight is 335 g/mol. The molecule has 1 aromatic carbocycles. The van der Waals surface area contributed by atoms with Crippen molar-refractivity contribution in [1.29, 1.82) is 0 Å². The van der Waals surface area contributed by atoms with Crippen LogP contribution >= 0.6 is 11.6 Å². The third-order valence-electron chi connectivity index (χ3n) is 2.94. The van der Waals surface area contributed by atoms with Crippen molar-refractivity contribution in [3.05, 3.63) is 53.7 Å². The second-order valence-corrected chi connectivity index (χ2v) is 6.61. The summed E-state index contributed by atoms with van der Waals surface area (Å²) in [6.45, 7) is 0. The van der Waals surface area contributed by atoms with E-state index in [-0.39, 0.29) is 10.7 Å². The number of halogens is 1. The van der Waals surface area contributed by atoms with Crippen molar-refractivity contribution in [2.24, 2.45) is 0 Å². The molecule has 2 heterocycles. The van der Waals surface area contributed by atoms with E-state index in [2.05, 4.69) is 14.7 Å². The maximum atomic E-state index is 12.3. The second kappa shape index (κ2) is 5.43. The molecule has 3 aromatic rings. The molecule has 0 aliphatic carbocycles. The Labute approximate surface area is 132 Å². The van der Waals surface area contributed by atoms with E-state index in [9.17, 15) is 8.42 Å². The lowest BCUT2D eigenvalue weighted by Gasteiger charge is -2.08. The Bertz CT molecular complexity index is 943. The van der Waals surface area contributed by atoms with Crippen molar-refractivity contribution in [3.8, 4) is 0 Å². The highest BCUT2D eigenvalue weighted by Crippen LogP contribution is 2.19. The molecule has 0 aliphatic heterocycles. The van der Waals surface area contributed by atoms with Gasteiger partial charge in [-0.15, -0.1) is 0 Å². The Morgan fingerprint density at radius 1 is 0.909 bits per heavy atom. The van der Waals surface area contributed by atoms with Crippen LogP contribution in [0.1, 0.15) is 0 Å². The van der Waals surface area contributed by atoms with E-state index < -0.39 is 10.0 Å². The van der Waals surface area contributed by atoms with Crippen LogP contribution in [0.4, 0.5) is 11.5 Å². The van der Waals surface area contributed by atoms with E-state index in [1.165, 1.54) is 30.3 Å². The maximum absolute atomic E-state index is 12.3. The average Bonchev–Trinajstić information content (AvgIpc) is 2.47. The lowest BCUT2D eigenvalue weighted by Crippen LogP contribution is -2.14. The van der Waals surface area contributed by atoms with Crippen LogP contribution in [0.3, 0.4) is 0 Å². The number of nitrogens with zero attached hydrogens (tertiary/aromatic N) is 2. The van der Waals surface area contributed by atoms with Gasteiger partial charge in [0.1, 0.15) is 11.0 Å². The summed E-state index contributed by atoms with van der Waals surface area (Å²) in [7, 11) is -3.72. The van der Waals surface area contributed by atoms with Gasteiger partial charge in [0.05, 0.1) is 15.9 Å². The van der Waals surface area contributed by atoms with Crippen molar-refractivity contribution >= 4 is 44.2 Å². The van der Waals surface area contributed by atoms with Gasteiger partial charge in [-0.25, -0.2) is 18.4 Å². The topological polar surface area (TPSA) is 98.0 Å². The lowest BCUT2D eigenvalue weighted by atomic mass is 10.3. The van der Waals surface area contributed by atoms with E-state index in [1.807, 2.05) is 0 Å². The summed E-state index contributed by atoms with van der Waals surface area (Å²) in [4.78, 5) is 8.41. The van der Waals surface area contributed by atoms with Crippen LogP contribution in [0.2, 0.25) is 5.15 Å². The van der Waals surface area contributed by atoms with Crippen LogP contribution in [-0.2, 0) is 10.0 Å². The molecule has 0 atom stereocenters. The number of hydrogen-bond donors (Lipinski definition) is 2. The number of aromatic nitrogens is 2. The highest BCUT2D eigenvalue weighted by molar-refractivity contribution is 7.92. The lowest BCUT2D eigenvalue weighted by molar-refractivity contribution is 0.601. The number of nitrogens with two attached hydrogens (primary N) is 1. The molecular weight excluding hydrogens is 324 g/mol. The first-order valence-electron chi connectivity index (χ1n) is 6.26. The summed E-state index contributed by atoms with van der Waals surface area (Å²) in [6.07, 6.45) is 0. The Morgan fingerprint density at radius 2 is 1.55 bits per heavy atom. The number of fused-ring (bicyclic) bond motifs is 1. The predicted molar refractivity (Wildman–Crippen MR) is 86.2 cm³/mol. The Morgan fingerprint density at radius 3 is 2.27 bits per heavy atom. The van der Waals surface area contributed by atoms with E-state index in [1.54, 1.807) is 18.2 Å². The highest BCUT2D eigenvalue weighted by atomic mass is 35.5. The van der Waals surface area contributed by atoms with Crippen LogP contribution in [0.25, 0.3) is 11.0 Å². The molecule has 0 saturated heterocycles. The summed E-state index contributed by atoms with van der Waals surface area (Å²) in [6, 6.07) is 12.3. The number of benzene rings is 1. The maximum Gasteiger partial charge on any atom is 0.263 e. The quantitative estimate of drug-likeness (QED) is 0.567. The molecule has 8 heteroatoms. The van der Waals surface area contributed by atoms with Crippen molar-refractivity contribution in [2.45, 2.75) is 4.90 Å². The predicted octanol–water partition coefficient (Wildman–Crippen LogP) is 2.67. The van der Waals surface area contributed by atoms with Crippen LogP contribution < -0.4 is 10.5 Å². The fraction of sp³-hybridized carbons (Fsp3) is 0. The van der Waals surface area contributed by atoms with Crippen molar-refractivity contribution in [1.82, 2.24) is 9.97 Å². The third kappa shape index (κ3) is 2.95. The highest BCUT2D eigenvalue weighted by Gasteiger charge is 2.14. The molecule has 0 amide bonds. The number of hydrogen-bond acceptors (Lipinski definition) is 5. The van der Waals surface area contributed by atoms with Gasteiger partial charge in [0, 0.05) is 5.69 Å². The van der Waals surface area contributed by atoms with Gasteiger partial charge in [-0.05, 0) is 48.5 Å². The zero-order chi connectivity index (χ0) is 15.7. The first kappa shape index (κ1) is 14.6. The van der Waals surface area contributed by atoms with Crippen molar-refractivity contribution in [2.75, 3.05) is 10.5 Å². The number of nitrogens with one attached hydrogen (secondary N) is 1. The van der Waals surface area contributed by atoms with Gasteiger partial charge >= 0.3 is 0 Å². The van der Waals surface area contributed by atoms with Crippen LogP contribution in [0.15, 0.2) is 53.4 Å². The molecule has 0 fully saturated rings. The third-order valence-corrected chi connectivity index (χ3v) is 4.52. The summed E-state index contributed by atoms with van der Waals surface area (Å²) in [5, 5.41) is 0.351. The molecule has 112 valence electrons. The van der Waals surface area contributed by atoms with Gasteiger partial charge in [-0.3, -0.25) is 4.72 Å². The molecule has 3 N–H and O–H groups in total. The first-order valence-corrected chi connectivity index (χ1v) is 8.12. The minimum atomic E-state index is -3.72. The van der Waals surface area contributed by atoms with Gasteiger partial charge in [0.15, 0.2) is 0 Å². The smallest absolute Gasteiger partial charge is 0.263 e. The largest absolute Gasteiger partial charge is 0.399 e. The number of sulfonamides is 1. The molecule has 2 aromatic heterocycles. The molecule has 0 radical (unpaired) electrons. The van der Waals surface area contributed by atoms with Crippen molar-refractivity contribution in [3.63, 3.8) is 0 Å². The molecule has 0 saturated carbocycles. The number of rotatable bonds is 3. The van der Waals surface area contributed by atoms with E-state index >= 15 is 0 Å². The van der Waals surface area contributed by atoms with Gasteiger partial charge in [-0.1, -0.05) is 11.6 Å². The minimum Gasteiger partial charge on any atom is -0.399 e. The summed E-state index contributed by atoms with van der Waals surface area (Å²) in [5.41, 5.74) is 7.17. The Balaban J connectivity index is 1.95. The van der Waals surface area contributed by atoms with Crippen LogP contribution in [0, 0.1) is 0 Å². The number of anilines is 2. The molecular formula is C14H11ClN4O2S. The molecule has 0 bridgehead atoms. The van der Waals surface area contributed by atoms with E-state index in [0.717, 1.165) is 0 Å². The van der Waals surface area contributed by atoms with Gasteiger partial charge in [0.25, 0.3) is 10.0 Å². The summed E-state index contributed by atoms with van der Waals surface area (Å²) in [5.74, 6) is 0.202. The van der Waals surface area contributed by atoms with Gasteiger partial charge < -0.3 is 5.73 Å². The molecule has 6 nitrogen and oxygen atoms in total. The molecule has 0 aliphatic rings. The van der Waals surface area contributed by atoms with Crippen LogP contribution in [-0.4, -0.2) is 18.4 Å². The number of nitrogen functional groups attached to an aromatic ring is 1. The molecule has 0 spiro atoms. The summed E-state index contributed by atoms with van der Waals surface area (Å²) < 4.78 is 27.0. The monoisotopic (exact) mass is 334 g/mol. The summed E-state index contributed by atoms with van der Waals surface area (Å²) >= 11 is 5.80. The SMILES string of the molecule is Nc1ccc(S(=O)(=O)Nc2ccc3nc(Cl)ccc3n2)cc1.